The average Bonchev–Trinajstić information content (AvgIpc) is 2.38. The molecule has 1 aliphatic rings. The van der Waals surface area contributed by atoms with Crippen LogP contribution in [0.25, 0.3) is 0 Å². The van der Waals surface area contributed by atoms with Gasteiger partial charge in [0.2, 0.25) is 0 Å². The van der Waals surface area contributed by atoms with E-state index < -0.39 is 0 Å². The lowest BCUT2D eigenvalue weighted by molar-refractivity contribution is 0.0934. The molecular formula is C15H19NO2. The average molecular weight is 245 g/mol. The number of nitrogens with zero attached hydrogens (tertiary/aromatic N) is 1. The minimum atomic E-state index is -0.0742. The zero-order chi connectivity index (χ0) is 13.1. The fourth-order valence-electron chi connectivity index (χ4n) is 2.24. The first-order valence-corrected chi connectivity index (χ1v) is 6.31. The van der Waals surface area contributed by atoms with Gasteiger partial charge in [0, 0.05) is 31.8 Å². The fourth-order valence-corrected chi connectivity index (χ4v) is 2.24. The lowest BCUT2D eigenvalue weighted by Crippen LogP contribution is -2.15. The van der Waals surface area contributed by atoms with Crippen LogP contribution < -0.4 is 4.90 Å². The Kier molecular flexibility index (Phi) is 3.70. The maximum absolute atomic E-state index is 12.3. The van der Waals surface area contributed by atoms with Crippen LogP contribution in [-0.2, 0) is 0 Å². The Morgan fingerprint density at radius 2 is 2.17 bits per heavy atom. The first-order valence-electron chi connectivity index (χ1n) is 6.31. The molecule has 18 heavy (non-hydrogen) atoms. The van der Waals surface area contributed by atoms with Crippen molar-refractivity contribution >= 4 is 11.5 Å². The number of anilines is 1. The summed E-state index contributed by atoms with van der Waals surface area (Å²) in [5.41, 5.74) is 1.32. The standard InChI is InChI=1S/C15H19NO2/c1-16(2)12-8-9-13(14(17)10-12)15(18)11-6-4-3-5-7-11/h4,6,8-11,17H,3,5,7H2,1-2H3. The van der Waals surface area contributed by atoms with Crippen molar-refractivity contribution in [2.24, 2.45) is 5.92 Å². The maximum atomic E-state index is 12.3. The molecule has 96 valence electrons. The highest BCUT2D eigenvalue weighted by Gasteiger charge is 2.21. The molecule has 0 saturated heterocycles. The number of phenols is 1. The molecule has 0 saturated carbocycles. The summed E-state index contributed by atoms with van der Waals surface area (Å²) in [6.45, 7) is 0. The number of hydrogen-bond donors (Lipinski definition) is 1. The SMILES string of the molecule is CN(C)c1ccc(C(=O)C2C=CCCC2)c(O)c1. The molecule has 3 heteroatoms. The Morgan fingerprint density at radius 3 is 2.72 bits per heavy atom. The number of ketones is 1. The number of Topliss-reactive ketones (excluding diaryl/α,β-unsaturated/α-hetero) is 1. The molecule has 3 nitrogen and oxygen atoms in total. The van der Waals surface area contributed by atoms with Gasteiger partial charge in [0.15, 0.2) is 5.78 Å². The molecule has 0 spiro atoms. The summed E-state index contributed by atoms with van der Waals surface area (Å²) in [5, 5.41) is 9.97. The monoisotopic (exact) mass is 245 g/mol. The summed E-state index contributed by atoms with van der Waals surface area (Å²) in [5.74, 6) is 0.0220. The summed E-state index contributed by atoms with van der Waals surface area (Å²) in [6, 6.07) is 5.22. The summed E-state index contributed by atoms with van der Waals surface area (Å²) in [6.07, 6.45) is 6.99. The minimum Gasteiger partial charge on any atom is -0.507 e. The van der Waals surface area contributed by atoms with Crippen LogP contribution in [0.15, 0.2) is 30.4 Å². The van der Waals surface area contributed by atoms with Gasteiger partial charge in [0.05, 0.1) is 5.56 Å². The number of carbonyl (C=O) groups excluding carboxylic acids is 1. The van der Waals surface area contributed by atoms with Crippen LogP contribution in [0.1, 0.15) is 29.6 Å². The van der Waals surface area contributed by atoms with Gasteiger partial charge in [-0.15, -0.1) is 0 Å². The van der Waals surface area contributed by atoms with Gasteiger partial charge in [-0.25, -0.2) is 0 Å². The van der Waals surface area contributed by atoms with Gasteiger partial charge in [-0.1, -0.05) is 12.2 Å². The van der Waals surface area contributed by atoms with E-state index in [-0.39, 0.29) is 17.5 Å². The summed E-state index contributed by atoms with van der Waals surface area (Å²) >= 11 is 0. The lowest BCUT2D eigenvalue weighted by atomic mass is 9.88. The van der Waals surface area contributed by atoms with Gasteiger partial charge < -0.3 is 10.0 Å². The predicted molar refractivity (Wildman–Crippen MR) is 73.2 cm³/mol. The number of benzene rings is 1. The molecule has 1 N–H and O–H groups in total. The second-order valence-corrected chi connectivity index (χ2v) is 4.93. The molecular weight excluding hydrogens is 226 g/mol. The lowest BCUT2D eigenvalue weighted by Gasteiger charge is -2.17. The highest BCUT2D eigenvalue weighted by Crippen LogP contribution is 2.28. The van der Waals surface area contributed by atoms with Crippen LogP contribution in [0.4, 0.5) is 5.69 Å². The molecule has 0 heterocycles. The maximum Gasteiger partial charge on any atom is 0.173 e. The number of rotatable bonds is 3. The van der Waals surface area contributed by atoms with Crippen LogP contribution in [0.3, 0.4) is 0 Å². The Bertz CT molecular complexity index is 477. The van der Waals surface area contributed by atoms with E-state index in [1.165, 1.54) is 0 Å². The molecule has 1 aromatic carbocycles. The van der Waals surface area contributed by atoms with Gasteiger partial charge in [-0.3, -0.25) is 4.79 Å². The van der Waals surface area contributed by atoms with E-state index in [0.29, 0.717) is 5.56 Å². The molecule has 0 fully saturated rings. The third-order valence-corrected chi connectivity index (χ3v) is 3.35. The van der Waals surface area contributed by atoms with Crippen molar-refractivity contribution < 1.29 is 9.90 Å². The topological polar surface area (TPSA) is 40.5 Å². The predicted octanol–water partition coefficient (Wildman–Crippen LogP) is 3.00. The number of hydrogen-bond acceptors (Lipinski definition) is 3. The quantitative estimate of drug-likeness (QED) is 0.657. The van der Waals surface area contributed by atoms with Crippen molar-refractivity contribution in [3.8, 4) is 5.75 Å². The van der Waals surface area contributed by atoms with Gasteiger partial charge in [-0.05, 0) is 31.4 Å². The van der Waals surface area contributed by atoms with Crippen molar-refractivity contribution in [2.45, 2.75) is 19.3 Å². The largest absolute Gasteiger partial charge is 0.507 e. The van der Waals surface area contributed by atoms with Crippen LogP contribution in [0.2, 0.25) is 0 Å². The number of phenolic OH excluding ortho intramolecular Hbond substituents is 1. The first kappa shape index (κ1) is 12.7. The Labute approximate surface area is 108 Å². The van der Waals surface area contributed by atoms with Crippen LogP contribution in [0.5, 0.6) is 5.75 Å². The van der Waals surface area contributed by atoms with E-state index in [9.17, 15) is 9.90 Å². The van der Waals surface area contributed by atoms with E-state index in [1.807, 2.05) is 31.1 Å². The highest BCUT2D eigenvalue weighted by atomic mass is 16.3. The molecule has 2 rings (SSSR count). The molecule has 1 aromatic rings. The molecule has 0 bridgehead atoms. The molecule has 0 aromatic heterocycles. The minimum absolute atomic E-state index is 0.0220. The van der Waals surface area contributed by atoms with Gasteiger partial charge in [-0.2, -0.15) is 0 Å². The number of carbonyl (C=O) groups is 1. The zero-order valence-electron chi connectivity index (χ0n) is 10.9. The highest BCUT2D eigenvalue weighted by molar-refractivity contribution is 6.01. The number of aromatic hydroxyl groups is 1. The van der Waals surface area contributed by atoms with E-state index >= 15 is 0 Å². The van der Waals surface area contributed by atoms with Gasteiger partial charge in [0.1, 0.15) is 5.75 Å². The third-order valence-electron chi connectivity index (χ3n) is 3.35. The molecule has 0 radical (unpaired) electrons. The third kappa shape index (κ3) is 2.55. The Morgan fingerprint density at radius 1 is 1.39 bits per heavy atom. The van der Waals surface area contributed by atoms with Crippen LogP contribution >= 0.6 is 0 Å². The van der Waals surface area contributed by atoms with E-state index in [1.54, 1.807) is 12.1 Å². The van der Waals surface area contributed by atoms with Crippen molar-refractivity contribution in [2.75, 3.05) is 19.0 Å². The van der Waals surface area contributed by atoms with Crippen molar-refractivity contribution in [1.29, 1.82) is 0 Å². The van der Waals surface area contributed by atoms with E-state index in [0.717, 1.165) is 24.9 Å². The Balaban J connectivity index is 2.25. The molecule has 1 aliphatic carbocycles. The fraction of sp³-hybridized carbons (Fsp3) is 0.400. The smallest absolute Gasteiger partial charge is 0.173 e. The van der Waals surface area contributed by atoms with Gasteiger partial charge >= 0.3 is 0 Å². The van der Waals surface area contributed by atoms with Crippen molar-refractivity contribution in [1.82, 2.24) is 0 Å². The summed E-state index contributed by atoms with van der Waals surface area (Å²) in [7, 11) is 3.81. The molecule has 0 amide bonds. The van der Waals surface area contributed by atoms with Crippen molar-refractivity contribution in [3.05, 3.63) is 35.9 Å². The van der Waals surface area contributed by atoms with Crippen LogP contribution in [0, 0.1) is 5.92 Å². The summed E-state index contributed by atoms with van der Waals surface area (Å²) in [4.78, 5) is 14.2. The van der Waals surface area contributed by atoms with Crippen LogP contribution in [-0.4, -0.2) is 25.0 Å². The molecule has 0 aliphatic heterocycles. The van der Waals surface area contributed by atoms with E-state index in [4.69, 9.17) is 0 Å². The number of allylic oxidation sites excluding steroid dienone is 2. The molecule has 1 atom stereocenters. The first-order chi connectivity index (χ1) is 8.59. The molecule has 1 unspecified atom stereocenters. The zero-order valence-corrected chi connectivity index (χ0v) is 10.9. The summed E-state index contributed by atoms with van der Waals surface area (Å²) < 4.78 is 0. The Hall–Kier alpha value is -1.77. The van der Waals surface area contributed by atoms with E-state index in [2.05, 4.69) is 6.08 Å². The normalized spacial score (nSPS) is 18.7. The second-order valence-electron chi connectivity index (χ2n) is 4.93. The second kappa shape index (κ2) is 5.25. The van der Waals surface area contributed by atoms with Crippen molar-refractivity contribution in [3.63, 3.8) is 0 Å². The van der Waals surface area contributed by atoms with Gasteiger partial charge in [0.25, 0.3) is 0 Å².